The molecule has 1 nitrogen and oxygen atoms in total. The van der Waals surface area contributed by atoms with Crippen LogP contribution in [0.2, 0.25) is 0 Å². The molecule has 9 heavy (non-hydrogen) atoms. The molecule has 0 unspecified atom stereocenters. The highest BCUT2D eigenvalue weighted by molar-refractivity contribution is 9.11. The smallest absolute Gasteiger partial charge is 0.0267 e. The van der Waals surface area contributed by atoms with Gasteiger partial charge in [-0.3, -0.25) is 4.98 Å². The van der Waals surface area contributed by atoms with Crippen molar-refractivity contribution in [2.45, 2.75) is 0 Å². The van der Waals surface area contributed by atoms with E-state index >= 15 is 0 Å². The summed E-state index contributed by atoms with van der Waals surface area (Å²) < 4.78 is 0. The van der Waals surface area contributed by atoms with Crippen molar-refractivity contribution < 1.29 is 0 Å². The van der Waals surface area contributed by atoms with Gasteiger partial charge in [0.15, 0.2) is 0 Å². The second kappa shape index (κ2) is 7.37. The van der Waals surface area contributed by atoms with Gasteiger partial charge in [0.2, 0.25) is 0 Å². The fraction of sp³-hybridized carbons (Fsp3) is 0. The second-order valence-electron chi connectivity index (χ2n) is 1.18. The van der Waals surface area contributed by atoms with Crippen molar-refractivity contribution in [3.8, 4) is 0 Å². The highest BCUT2D eigenvalue weighted by Gasteiger charge is 1.58. The molecule has 0 N–H and O–H groups in total. The molecular weight excluding hydrogens is 178 g/mol. The van der Waals surface area contributed by atoms with E-state index in [1.165, 1.54) is 0 Å². The van der Waals surface area contributed by atoms with E-state index in [1.54, 1.807) is 17.4 Å². The molecule has 0 aromatic carbocycles. The van der Waals surface area contributed by atoms with Crippen LogP contribution in [0.15, 0.2) is 42.2 Å². The Bertz CT molecular complexity index is 112. The average molecular weight is 186 g/mol. The molecule has 1 rings (SSSR count). The summed E-state index contributed by atoms with van der Waals surface area (Å²) in [5, 5.41) is 0. The Morgan fingerprint density at radius 3 is 1.78 bits per heavy atom. The van der Waals surface area contributed by atoms with Gasteiger partial charge in [-0.1, -0.05) is 28.6 Å². The van der Waals surface area contributed by atoms with Crippen LogP contribution in [0.25, 0.3) is 0 Å². The molecule has 0 saturated heterocycles. The van der Waals surface area contributed by atoms with Gasteiger partial charge >= 0.3 is 0 Å². The molecule has 0 bridgehead atoms. The molecule has 0 aliphatic rings. The molecule has 0 radical (unpaired) electrons. The lowest BCUT2D eigenvalue weighted by atomic mass is 10.5. The van der Waals surface area contributed by atoms with Crippen molar-refractivity contribution >= 4 is 15.9 Å². The molecular formula is C7H8BrN. The van der Waals surface area contributed by atoms with E-state index in [4.69, 9.17) is 0 Å². The molecule has 0 atom stereocenters. The van der Waals surface area contributed by atoms with E-state index in [0.29, 0.717) is 0 Å². The minimum absolute atomic E-state index is 1.56. The molecule has 0 saturated carbocycles. The van der Waals surface area contributed by atoms with Crippen LogP contribution in [0, 0.1) is 0 Å². The predicted octanol–water partition coefficient (Wildman–Crippen LogP) is 2.61. The summed E-state index contributed by atoms with van der Waals surface area (Å²) in [4.78, 5) is 5.35. The SMILES string of the molecule is C=CBr.c1ccncc1. The summed E-state index contributed by atoms with van der Waals surface area (Å²) >= 11 is 2.91. The first-order valence-electron chi connectivity index (χ1n) is 2.48. The van der Waals surface area contributed by atoms with Crippen LogP contribution in [0.3, 0.4) is 0 Å². The maximum absolute atomic E-state index is 3.78. The largest absolute Gasteiger partial charge is 0.265 e. The van der Waals surface area contributed by atoms with Gasteiger partial charge in [0.1, 0.15) is 0 Å². The van der Waals surface area contributed by atoms with E-state index in [2.05, 4.69) is 27.5 Å². The highest BCUT2D eigenvalue weighted by Crippen LogP contribution is 1.73. The molecule has 48 valence electrons. The lowest BCUT2D eigenvalue weighted by molar-refractivity contribution is 1.33. The van der Waals surface area contributed by atoms with Gasteiger partial charge in [0, 0.05) is 12.4 Å². The Morgan fingerprint density at radius 2 is 1.67 bits per heavy atom. The quantitative estimate of drug-likeness (QED) is 0.606. The molecule has 1 aromatic rings. The number of aromatic nitrogens is 1. The van der Waals surface area contributed by atoms with Crippen LogP contribution in [-0.2, 0) is 0 Å². The number of halogens is 1. The van der Waals surface area contributed by atoms with Gasteiger partial charge in [-0.15, -0.1) is 0 Å². The predicted molar refractivity (Wildman–Crippen MR) is 43.4 cm³/mol. The van der Waals surface area contributed by atoms with E-state index in [1.807, 2.05) is 18.2 Å². The molecule has 0 aliphatic carbocycles. The van der Waals surface area contributed by atoms with Crippen molar-refractivity contribution in [2.75, 3.05) is 0 Å². The van der Waals surface area contributed by atoms with Crippen LogP contribution >= 0.6 is 15.9 Å². The molecule has 0 fully saturated rings. The van der Waals surface area contributed by atoms with E-state index in [9.17, 15) is 0 Å². The zero-order valence-electron chi connectivity index (χ0n) is 5.00. The zero-order chi connectivity index (χ0) is 6.95. The third-order valence-electron chi connectivity index (χ3n) is 0.566. The number of rotatable bonds is 0. The monoisotopic (exact) mass is 185 g/mol. The number of pyridine rings is 1. The first-order chi connectivity index (χ1) is 4.41. The lowest BCUT2D eigenvalue weighted by Crippen LogP contribution is -1.58. The summed E-state index contributed by atoms with van der Waals surface area (Å²) in [5.41, 5.74) is 0. The van der Waals surface area contributed by atoms with Crippen molar-refractivity contribution in [2.24, 2.45) is 0 Å². The summed E-state index contributed by atoms with van der Waals surface area (Å²) in [7, 11) is 0. The fourth-order valence-corrected chi connectivity index (χ4v) is 0.313. The average Bonchev–Trinajstić information content (AvgIpc) is 1.93. The van der Waals surface area contributed by atoms with Crippen LogP contribution in [0.1, 0.15) is 0 Å². The van der Waals surface area contributed by atoms with Crippen LogP contribution in [0.5, 0.6) is 0 Å². The Hall–Kier alpha value is -0.630. The van der Waals surface area contributed by atoms with Gasteiger partial charge in [-0.05, 0) is 17.1 Å². The van der Waals surface area contributed by atoms with Crippen LogP contribution < -0.4 is 0 Å². The van der Waals surface area contributed by atoms with Crippen molar-refractivity contribution in [1.82, 2.24) is 4.98 Å². The Balaban J connectivity index is 0.000000187. The second-order valence-corrected chi connectivity index (χ2v) is 1.83. The first-order valence-corrected chi connectivity index (χ1v) is 3.39. The van der Waals surface area contributed by atoms with E-state index in [-0.39, 0.29) is 0 Å². The maximum Gasteiger partial charge on any atom is 0.0267 e. The molecule has 0 amide bonds. The summed E-state index contributed by atoms with van der Waals surface area (Å²) in [6.45, 7) is 3.28. The third kappa shape index (κ3) is 7.37. The van der Waals surface area contributed by atoms with Crippen molar-refractivity contribution in [1.29, 1.82) is 0 Å². The number of hydrogen-bond donors (Lipinski definition) is 0. The van der Waals surface area contributed by atoms with E-state index in [0.717, 1.165) is 0 Å². The topological polar surface area (TPSA) is 12.9 Å². The van der Waals surface area contributed by atoms with Gasteiger partial charge in [0.25, 0.3) is 0 Å². The van der Waals surface area contributed by atoms with Crippen LogP contribution in [-0.4, -0.2) is 4.98 Å². The van der Waals surface area contributed by atoms with Gasteiger partial charge < -0.3 is 0 Å². The normalized spacial score (nSPS) is 6.78. The van der Waals surface area contributed by atoms with Gasteiger partial charge in [0.05, 0.1) is 0 Å². The standard InChI is InChI=1S/C5H5N.C2H3Br/c1-2-4-6-5-3-1;1-2-3/h1-5H;2H,1H2. The molecule has 1 heterocycles. The van der Waals surface area contributed by atoms with Gasteiger partial charge in [-0.25, -0.2) is 0 Å². The number of nitrogens with zero attached hydrogens (tertiary/aromatic N) is 1. The molecule has 2 heteroatoms. The molecule has 0 aliphatic heterocycles. The molecule has 0 spiro atoms. The lowest BCUT2D eigenvalue weighted by Gasteiger charge is -1.70. The number of hydrogen-bond acceptors (Lipinski definition) is 1. The fourth-order valence-electron chi connectivity index (χ4n) is 0.313. The first kappa shape index (κ1) is 8.37. The summed E-state index contributed by atoms with van der Waals surface area (Å²) in [5.74, 6) is 0. The van der Waals surface area contributed by atoms with Crippen molar-refractivity contribution in [3.05, 3.63) is 42.2 Å². The third-order valence-corrected chi connectivity index (χ3v) is 0.566. The summed E-state index contributed by atoms with van der Waals surface area (Å²) in [6.07, 6.45) is 3.50. The highest BCUT2D eigenvalue weighted by atomic mass is 79.9. The Kier molecular flexibility index (Phi) is 6.85. The van der Waals surface area contributed by atoms with Crippen LogP contribution in [0.4, 0.5) is 0 Å². The Morgan fingerprint density at radius 1 is 1.22 bits per heavy atom. The molecule has 1 aromatic heterocycles. The Labute approximate surface area is 63.6 Å². The summed E-state index contributed by atoms with van der Waals surface area (Å²) in [6, 6.07) is 5.72. The zero-order valence-corrected chi connectivity index (χ0v) is 6.58. The minimum Gasteiger partial charge on any atom is -0.265 e. The minimum atomic E-state index is 1.56. The van der Waals surface area contributed by atoms with Crippen molar-refractivity contribution in [3.63, 3.8) is 0 Å². The van der Waals surface area contributed by atoms with Gasteiger partial charge in [-0.2, -0.15) is 0 Å². The maximum atomic E-state index is 3.78. The van der Waals surface area contributed by atoms with E-state index < -0.39 is 0 Å².